The largest absolute Gasteiger partial charge is 0.342 e. The lowest BCUT2D eigenvalue weighted by atomic mass is 9.84. The number of carbonyl (C=O) groups is 2. The number of piperidine rings is 1. The fourth-order valence-electron chi connectivity index (χ4n) is 4.62. The first kappa shape index (κ1) is 22.9. The maximum atomic E-state index is 14.4. The minimum absolute atomic E-state index is 0.0563. The molecule has 0 N–H and O–H groups in total. The molecule has 1 aromatic carbocycles. The number of hydrogen-bond donors (Lipinski definition) is 0. The molecule has 1 aromatic rings. The topological polar surface area (TPSA) is 40.6 Å². The number of likely N-dealkylation sites (N-methyl/N-ethyl adjacent to an activating group) is 1. The number of benzene rings is 1. The van der Waals surface area contributed by atoms with Crippen LogP contribution in [0.5, 0.6) is 0 Å². The van der Waals surface area contributed by atoms with E-state index in [0.717, 1.165) is 43.4 Å². The molecule has 0 radical (unpaired) electrons. The number of halogens is 1. The van der Waals surface area contributed by atoms with Crippen LogP contribution in [0.4, 0.5) is 4.39 Å². The van der Waals surface area contributed by atoms with E-state index in [1.807, 2.05) is 35.2 Å². The number of rotatable bonds is 8. The quantitative estimate of drug-likeness (QED) is 0.615. The van der Waals surface area contributed by atoms with Gasteiger partial charge in [-0.15, -0.1) is 0 Å². The Morgan fingerprint density at radius 3 is 2.63 bits per heavy atom. The first-order valence-electron chi connectivity index (χ1n) is 11.0. The second-order valence-electron chi connectivity index (χ2n) is 8.36. The number of carbonyl (C=O) groups excluding carboxylic acids is 2. The Morgan fingerprint density at radius 1 is 1.27 bits per heavy atom. The summed E-state index contributed by atoms with van der Waals surface area (Å²) in [6, 6.07) is 6.79. The summed E-state index contributed by atoms with van der Waals surface area (Å²) in [6.45, 7) is 1.42. The number of nitrogens with zero attached hydrogens (tertiary/aromatic N) is 2. The van der Waals surface area contributed by atoms with Crippen molar-refractivity contribution in [3.8, 4) is 0 Å². The van der Waals surface area contributed by atoms with Gasteiger partial charge < -0.3 is 9.80 Å². The van der Waals surface area contributed by atoms with Crippen molar-refractivity contribution in [3.05, 3.63) is 47.3 Å². The number of likely N-dealkylation sites (tertiary alicyclic amines) is 1. The van der Waals surface area contributed by atoms with Crippen molar-refractivity contribution >= 4 is 23.6 Å². The third kappa shape index (κ3) is 5.65. The van der Waals surface area contributed by atoms with E-state index in [0.29, 0.717) is 31.5 Å². The molecule has 1 heterocycles. The van der Waals surface area contributed by atoms with Crippen LogP contribution in [-0.2, 0) is 16.0 Å². The van der Waals surface area contributed by atoms with E-state index >= 15 is 0 Å². The molecule has 3 rings (SSSR count). The van der Waals surface area contributed by atoms with Gasteiger partial charge in [-0.2, -0.15) is 11.8 Å². The van der Waals surface area contributed by atoms with Crippen LogP contribution in [0.15, 0.2) is 35.9 Å². The molecular formula is C24H33FN2O2S. The Bertz CT molecular complexity index is 774. The molecule has 164 valence electrons. The zero-order valence-electron chi connectivity index (χ0n) is 18.1. The van der Waals surface area contributed by atoms with Crippen LogP contribution in [0.2, 0.25) is 0 Å². The molecule has 0 unspecified atom stereocenters. The van der Waals surface area contributed by atoms with Crippen molar-refractivity contribution in [2.45, 2.75) is 51.0 Å². The van der Waals surface area contributed by atoms with Gasteiger partial charge >= 0.3 is 0 Å². The normalized spacial score (nSPS) is 18.2. The van der Waals surface area contributed by atoms with Gasteiger partial charge in [0.1, 0.15) is 5.82 Å². The lowest BCUT2D eigenvalue weighted by Crippen LogP contribution is -2.48. The number of amides is 2. The molecule has 1 aliphatic heterocycles. The zero-order chi connectivity index (χ0) is 21.5. The van der Waals surface area contributed by atoms with Crippen molar-refractivity contribution in [3.63, 3.8) is 0 Å². The minimum atomic E-state index is -0.215. The van der Waals surface area contributed by atoms with E-state index < -0.39 is 0 Å². The van der Waals surface area contributed by atoms with Crippen LogP contribution in [0, 0.1) is 11.7 Å². The number of allylic oxidation sites excluding steroid dienone is 1. The fourth-order valence-corrected chi connectivity index (χ4v) is 4.99. The van der Waals surface area contributed by atoms with Crippen molar-refractivity contribution in [2.24, 2.45) is 5.92 Å². The Balaban J connectivity index is 1.69. The molecule has 1 saturated heterocycles. The second-order valence-corrected chi connectivity index (χ2v) is 9.35. The van der Waals surface area contributed by atoms with E-state index in [2.05, 4.69) is 6.08 Å². The molecule has 0 saturated carbocycles. The van der Waals surface area contributed by atoms with Gasteiger partial charge in [0.2, 0.25) is 11.8 Å². The molecule has 0 aromatic heterocycles. The van der Waals surface area contributed by atoms with Gasteiger partial charge in [-0.25, -0.2) is 4.39 Å². The average Bonchev–Trinajstić information content (AvgIpc) is 3.31. The Labute approximate surface area is 183 Å². The van der Waals surface area contributed by atoms with E-state index in [1.54, 1.807) is 17.8 Å². The molecule has 0 spiro atoms. The molecule has 4 nitrogen and oxygen atoms in total. The van der Waals surface area contributed by atoms with Gasteiger partial charge in [0.05, 0.1) is 0 Å². The van der Waals surface area contributed by atoms with Crippen LogP contribution in [-0.4, -0.2) is 59.8 Å². The molecule has 1 fully saturated rings. The average molecular weight is 433 g/mol. The number of thioether (sulfide) groups is 1. The zero-order valence-corrected chi connectivity index (χ0v) is 18.9. The smallest absolute Gasteiger partial charge is 0.249 e. The third-order valence-corrected chi connectivity index (χ3v) is 7.10. The molecular weight excluding hydrogens is 399 g/mol. The predicted molar refractivity (Wildman–Crippen MR) is 121 cm³/mol. The first-order valence-corrected chi connectivity index (χ1v) is 12.4. The molecule has 1 atom stereocenters. The summed E-state index contributed by atoms with van der Waals surface area (Å²) < 4.78 is 14.4. The molecule has 30 heavy (non-hydrogen) atoms. The summed E-state index contributed by atoms with van der Waals surface area (Å²) in [7, 11) is 1.86. The summed E-state index contributed by atoms with van der Waals surface area (Å²) in [6.07, 6.45) is 9.74. The standard InChI is InChI=1S/C24H33FN2O2S/c1-26(23(28)13-16-30-2)22(17-20-9-5-6-10-21(20)25)18-11-14-27(15-12-18)24(29)19-7-3-4-8-19/h5-7,9-10,18,22H,3-4,8,11-17H2,1-2H3/t22-/m0/s1. The summed E-state index contributed by atoms with van der Waals surface area (Å²) >= 11 is 1.66. The predicted octanol–water partition coefficient (Wildman–Crippen LogP) is 4.30. The third-order valence-electron chi connectivity index (χ3n) is 6.48. The van der Waals surface area contributed by atoms with E-state index in [1.165, 1.54) is 6.07 Å². The lowest BCUT2D eigenvalue weighted by Gasteiger charge is -2.40. The Morgan fingerprint density at radius 2 is 2.00 bits per heavy atom. The van der Waals surface area contributed by atoms with Crippen LogP contribution >= 0.6 is 11.8 Å². The van der Waals surface area contributed by atoms with Gasteiger partial charge in [0.25, 0.3) is 0 Å². The summed E-state index contributed by atoms with van der Waals surface area (Å²) in [5.41, 5.74) is 1.61. The molecule has 2 aliphatic rings. The van der Waals surface area contributed by atoms with Gasteiger partial charge in [-0.1, -0.05) is 24.3 Å². The summed E-state index contributed by atoms with van der Waals surface area (Å²) in [5.74, 6) is 1.13. The number of hydrogen-bond acceptors (Lipinski definition) is 3. The minimum Gasteiger partial charge on any atom is -0.342 e. The summed E-state index contributed by atoms with van der Waals surface area (Å²) in [4.78, 5) is 29.3. The Kier molecular flexibility index (Phi) is 8.37. The van der Waals surface area contributed by atoms with E-state index in [-0.39, 0.29) is 29.6 Å². The highest BCUT2D eigenvalue weighted by Crippen LogP contribution is 2.29. The van der Waals surface area contributed by atoms with Crippen LogP contribution < -0.4 is 0 Å². The highest BCUT2D eigenvalue weighted by Gasteiger charge is 2.33. The van der Waals surface area contributed by atoms with Gasteiger partial charge in [0, 0.05) is 43.9 Å². The molecule has 2 amide bonds. The highest BCUT2D eigenvalue weighted by molar-refractivity contribution is 7.98. The SMILES string of the molecule is CSCCC(=O)N(C)[C@@H](Cc1ccccc1F)C1CCN(C(=O)C2=CCCC2)CC1. The van der Waals surface area contributed by atoms with Crippen LogP contribution in [0.25, 0.3) is 0 Å². The monoisotopic (exact) mass is 432 g/mol. The van der Waals surface area contributed by atoms with E-state index in [9.17, 15) is 14.0 Å². The van der Waals surface area contributed by atoms with Gasteiger partial charge in [-0.3, -0.25) is 9.59 Å². The highest BCUT2D eigenvalue weighted by atomic mass is 32.2. The summed E-state index contributed by atoms with van der Waals surface area (Å²) in [5, 5.41) is 0. The van der Waals surface area contributed by atoms with Crippen LogP contribution in [0.3, 0.4) is 0 Å². The van der Waals surface area contributed by atoms with Crippen molar-refractivity contribution in [1.29, 1.82) is 0 Å². The first-order chi connectivity index (χ1) is 14.5. The maximum Gasteiger partial charge on any atom is 0.249 e. The lowest BCUT2D eigenvalue weighted by molar-refractivity contribution is -0.134. The maximum absolute atomic E-state index is 14.4. The van der Waals surface area contributed by atoms with Crippen molar-refractivity contribution in [1.82, 2.24) is 9.80 Å². The Hall–Kier alpha value is -1.82. The fraction of sp³-hybridized carbons (Fsp3) is 0.583. The van der Waals surface area contributed by atoms with Crippen molar-refractivity contribution in [2.75, 3.05) is 32.1 Å². The van der Waals surface area contributed by atoms with E-state index in [4.69, 9.17) is 0 Å². The van der Waals surface area contributed by atoms with Gasteiger partial charge in [-0.05, 0) is 62.3 Å². The molecule has 6 heteroatoms. The molecule has 1 aliphatic carbocycles. The second kappa shape index (κ2) is 11.0. The van der Waals surface area contributed by atoms with Crippen LogP contribution in [0.1, 0.15) is 44.1 Å². The van der Waals surface area contributed by atoms with Gasteiger partial charge in [0.15, 0.2) is 0 Å². The van der Waals surface area contributed by atoms with Crippen molar-refractivity contribution < 1.29 is 14.0 Å². The molecule has 0 bridgehead atoms.